The van der Waals surface area contributed by atoms with E-state index in [0.717, 1.165) is 5.56 Å². The Kier molecular flexibility index (Phi) is 6.76. The van der Waals surface area contributed by atoms with Crippen molar-refractivity contribution in [1.29, 1.82) is 0 Å². The molecule has 0 aliphatic heterocycles. The van der Waals surface area contributed by atoms with Crippen LogP contribution in [0.3, 0.4) is 0 Å². The predicted molar refractivity (Wildman–Crippen MR) is 82.4 cm³/mol. The van der Waals surface area contributed by atoms with Crippen LogP contribution in [0.15, 0.2) is 18.2 Å². The van der Waals surface area contributed by atoms with Crippen LogP contribution in [0.25, 0.3) is 0 Å². The molecule has 0 bridgehead atoms. The fourth-order valence-corrected chi connectivity index (χ4v) is 2.02. The normalized spacial score (nSPS) is 11.4. The van der Waals surface area contributed by atoms with Crippen LogP contribution in [0.2, 0.25) is 10.0 Å². The molecule has 0 saturated heterocycles. The molecule has 0 fully saturated rings. The maximum Gasteiger partial charge on any atom is 0.234 e. The third-order valence-electron chi connectivity index (χ3n) is 2.86. The molecule has 4 nitrogen and oxygen atoms in total. The first-order chi connectivity index (χ1) is 9.36. The molecule has 1 aromatic rings. The van der Waals surface area contributed by atoms with Crippen molar-refractivity contribution in [2.45, 2.75) is 19.4 Å². The molecule has 0 heterocycles. The first-order valence-corrected chi connectivity index (χ1v) is 7.08. The summed E-state index contributed by atoms with van der Waals surface area (Å²) >= 11 is 11.9. The number of carbonyl (C=O) groups excluding carboxylic acids is 1. The van der Waals surface area contributed by atoms with Gasteiger partial charge < -0.3 is 15.4 Å². The fraction of sp³-hybridized carbons (Fsp3) is 0.500. The maximum absolute atomic E-state index is 11.9. The van der Waals surface area contributed by atoms with Gasteiger partial charge in [-0.25, -0.2) is 0 Å². The average Bonchev–Trinajstić information content (AvgIpc) is 2.37. The molecule has 0 aromatic heterocycles. The summed E-state index contributed by atoms with van der Waals surface area (Å²) in [6.07, 6.45) is 0. The molecule has 0 aliphatic rings. The molecule has 0 aliphatic carbocycles. The summed E-state index contributed by atoms with van der Waals surface area (Å²) in [5, 5.41) is 6.92. The smallest absolute Gasteiger partial charge is 0.234 e. The summed E-state index contributed by atoms with van der Waals surface area (Å²) < 4.78 is 4.90. The van der Waals surface area contributed by atoms with Crippen molar-refractivity contribution >= 4 is 29.1 Å². The van der Waals surface area contributed by atoms with Crippen molar-refractivity contribution in [1.82, 2.24) is 10.6 Å². The standard InChI is InChI=1S/C14H20Cl2N2O2/c1-14(2,10-4-5-11(15)12(16)8-10)18-13(19)9-17-6-7-20-3/h4-5,8,17H,6-7,9H2,1-3H3,(H,18,19). The maximum atomic E-state index is 11.9. The zero-order chi connectivity index (χ0) is 15.2. The summed E-state index contributed by atoms with van der Waals surface area (Å²) in [7, 11) is 1.62. The Balaban J connectivity index is 2.59. The zero-order valence-corrected chi connectivity index (χ0v) is 13.4. The highest BCUT2D eigenvalue weighted by atomic mass is 35.5. The SMILES string of the molecule is COCCNCC(=O)NC(C)(C)c1ccc(Cl)c(Cl)c1. The second-order valence-electron chi connectivity index (χ2n) is 4.97. The minimum atomic E-state index is -0.520. The number of halogens is 2. The molecule has 20 heavy (non-hydrogen) atoms. The van der Waals surface area contributed by atoms with E-state index in [4.69, 9.17) is 27.9 Å². The van der Waals surface area contributed by atoms with Gasteiger partial charge in [0.1, 0.15) is 0 Å². The Morgan fingerprint density at radius 2 is 2.00 bits per heavy atom. The van der Waals surface area contributed by atoms with E-state index in [9.17, 15) is 4.79 Å². The topological polar surface area (TPSA) is 50.4 Å². The molecular formula is C14H20Cl2N2O2. The van der Waals surface area contributed by atoms with Gasteiger partial charge in [-0.3, -0.25) is 4.79 Å². The van der Waals surface area contributed by atoms with Crippen molar-refractivity contribution < 1.29 is 9.53 Å². The molecule has 112 valence electrons. The lowest BCUT2D eigenvalue weighted by atomic mass is 9.94. The zero-order valence-electron chi connectivity index (χ0n) is 11.9. The summed E-state index contributed by atoms with van der Waals surface area (Å²) in [6, 6.07) is 5.35. The molecule has 1 aromatic carbocycles. The van der Waals surface area contributed by atoms with Crippen molar-refractivity contribution in [3.63, 3.8) is 0 Å². The Bertz CT molecular complexity index is 464. The van der Waals surface area contributed by atoms with Crippen molar-refractivity contribution in [3.8, 4) is 0 Å². The third kappa shape index (κ3) is 5.29. The molecule has 1 amide bonds. The molecule has 0 atom stereocenters. The van der Waals surface area contributed by atoms with Crippen LogP contribution in [0.5, 0.6) is 0 Å². The van der Waals surface area contributed by atoms with Gasteiger partial charge in [0.2, 0.25) is 5.91 Å². The Morgan fingerprint density at radius 1 is 1.30 bits per heavy atom. The fourth-order valence-electron chi connectivity index (χ4n) is 1.73. The number of rotatable bonds is 7. The Labute approximate surface area is 129 Å². The summed E-state index contributed by atoms with van der Waals surface area (Å²) in [5.41, 5.74) is 0.381. The van der Waals surface area contributed by atoms with E-state index in [1.54, 1.807) is 19.2 Å². The second-order valence-corrected chi connectivity index (χ2v) is 5.79. The van der Waals surface area contributed by atoms with Gasteiger partial charge in [0, 0.05) is 13.7 Å². The van der Waals surface area contributed by atoms with Crippen LogP contribution < -0.4 is 10.6 Å². The predicted octanol–water partition coefficient (Wildman–Crippen LogP) is 2.58. The van der Waals surface area contributed by atoms with Crippen molar-refractivity contribution in [2.24, 2.45) is 0 Å². The number of methoxy groups -OCH3 is 1. The van der Waals surface area contributed by atoms with E-state index in [1.807, 2.05) is 19.9 Å². The highest BCUT2D eigenvalue weighted by Gasteiger charge is 2.23. The minimum absolute atomic E-state index is 0.0859. The largest absolute Gasteiger partial charge is 0.383 e. The van der Waals surface area contributed by atoms with Gasteiger partial charge in [-0.15, -0.1) is 0 Å². The highest BCUT2D eigenvalue weighted by Crippen LogP contribution is 2.28. The quantitative estimate of drug-likeness (QED) is 0.760. The van der Waals surface area contributed by atoms with E-state index in [0.29, 0.717) is 23.2 Å². The van der Waals surface area contributed by atoms with E-state index in [2.05, 4.69) is 10.6 Å². The molecule has 0 unspecified atom stereocenters. The lowest BCUT2D eigenvalue weighted by Crippen LogP contribution is -2.45. The average molecular weight is 319 g/mol. The number of ether oxygens (including phenoxy) is 1. The van der Waals surface area contributed by atoms with E-state index < -0.39 is 5.54 Å². The Hall–Kier alpha value is -0.810. The monoisotopic (exact) mass is 318 g/mol. The van der Waals surface area contributed by atoms with E-state index in [1.165, 1.54) is 0 Å². The number of nitrogens with one attached hydrogen (secondary N) is 2. The van der Waals surface area contributed by atoms with Crippen LogP contribution in [0.1, 0.15) is 19.4 Å². The molecule has 6 heteroatoms. The van der Waals surface area contributed by atoms with Gasteiger partial charge in [0.25, 0.3) is 0 Å². The van der Waals surface area contributed by atoms with Gasteiger partial charge in [0.15, 0.2) is 0 Å². The van der Waals surface area contributed by atoms with Crippen molar-refractivity contribution in [2.75, 3.05) is 26.8 Å². The molecule has 0 radical (unpaired) electrons. The number of benzene rings is 1. The Morgan fingerprint density at radius 3 is 2.60 bits per heavy atom. The van der Waals surface area contributed by atoms with Crippen LogP contribution in [0, 0.1) is 0 Å². The third-order valence-corrected chi connectivity index (χ3v) is 3.60. The lowest BCUT2D eigenvalue weighted by molar-refractivity contribution is -0.121. The van der Waals surface area contributed by atoms with Gasteiger partial charge in [-0.1, -0.05) is 29.3 Å². The molecule has 1 rings (SSSR count). The summed E-state index contributed by atoms with van der Waals surface area (Å²) in [5.74, 6) is -0.0859. The van der Waals surface area contributed by atoms with Gasteiger partial charge in [0.05, 0.1) is 28.7 Å². The van der Waals surface area contributed by atoms with Crippen molar-refractivity contribution in [3.05, 3.63) is 33.8 Å². The summed E-state index contributed by atoms with van der Waals surface area (Å²) in [6.45, 7) is 5.29. The number of amides is 1. The van der Waals surface area contributed by atoms with Crippen LogP contribution in [0.4, 0.5) is 0 Å². The lowest BCUT2D eigenvalue weighted by Gasteiger charge is -2.27. The molecule has 0 spiro atoms. The van der Waals surface area contributed by atoms with E-state index >= 15 is 0 Å². The van der Waals surface area contributed by atoms with Crippen LogP contribution in [-0.2, 0) is 15.1 Å². The van der Waals surface area contributed by atoms with Crippen LogP contribution >= 0.6 is 23.2 Å². The number of carbonyl (C=O) groups is 1. The first-order valence-electron chi connectivity index (χ1n) is 6.33. The molecule has 2 N–H and O–H groups in total. The number of hydrogen-bond donors (Lipinski definition) is 2. The van der Waals surface area contributed by atoms with E-state index in [-0.39, 0.29) is 12.5 Å². The molecule has 0 saturated carbocycles. The first kappa shape index (κ1) is 17.2. The molecular weight excluding hydrogens is 299 g/mol. The van der Waals surface area contributed by atoms with Gasteiger partial charge in [-0.05, 0) is 31.5 Å². The summed E-state index contributed by atoms with van der Waals surface area (Å²) in [4.78, 5) is 11.9. The minimum Gasteiger partial charge on any atom is -0.383 e. The van der Waals surface area contributed by atoms with Gasteiger partial charge >= 0.3 is 0 Å². The van der Waals surface area contributed by atoms with Crippen LogP contribution in [-0.4, -0.2) is 32.7 Å². The second kappa shape index (κ2) is 7.84. The number of hydrogen-bond acceptors (Lipinski definition) is 3. The highest BCUT2D eigenvalue weighted by molar-refractivity contribution is 6.42. The van der Waals surface area contributed by atoms with Gasteiger partial charge in [-0.2, -0.15) is 0 Å².